The van der Waals surface area contributed by atoms with Crippen molar-refractivity contribution >= 4 is 12.0 Å². The zero-order valence-corrected chi connectivity index (χ0v) is 18.9. The normalized spacial score (nSPS) is 14.2. The molecule has 1 aliphatic rings. The highest BCUT2D eigenvalue weighted by atomic mass is 16.5. The molecule has 0 atom stereocenters. The first kappa shape index (κ1) is 23.5. The lowest BCUT2D eigenvalue weighted by Gasteiger charge is -2.34. The van der Waals surface area contributed by atoms with E-state index >= 15 is 0 Å². The van der Waals surface area contributed by atoms with E-state index in [1.807, 2.05) is 12.1 Å². The molecule has 2 amide bonds. The molecule has 0 spiro atoms. The van der Waals surface area contributed by atoms with Crippen LogP contribution in [-0.2, 0) is 17.8 Å². The number of ether oxygens (including phenoxy) is 1. The molecule has 1 fully saturated rings. The van der Waals surface area contributed by atoms with E-state index in [4.69, 9.17) is 10.5 Å². The van der Waals surface area contributed by atoms with E-state index in [0.717, 1.165) is 36.2 Å². The van der Waals surface area contributed by atoms with Crippen molar-refractivity contribution in [3.8, 4) is 16.9 Å². The van der Waals surface area contributed by atoms with Gasteiger partial charge in [-0.05, 0) is 35.6 Å². The molecule has 2 aromatic carbocycles. The number of hydrogen-bond donors (Lipinski definition) is 1. The predicted octanol–water partition coefficient (Wildman–Crippen LogP) is 4.37. The van der Waals surface area contributed by atoms with E-state index in [2.05, 4.69) is 48.7 Å². The monoisotopic (exact) mass is 435 g/mol. The Labute approximate surface area is 190 Å². The van der Waals surface area contributed by atoms with Crippen LogP contribution in [0.4, 0.5) is 4.79 Å². The van der Waals surface area contributed by atoms with Gasteiger partial charge in [-0.2, -0.15) is 0 Å². The highest BCUT2D eigenvalue weighted by molar-refractivity contribution is 5.84. The van der Waals surface area contributed by atoms with Gasteiger partial charge in [-0.3, -0.25) is 4.90 Å². The summed E-state index contributed by atoms with van der Waals surface area (Å²) >= 11 is 0. The van der Waals surface area contributed by atoms with Crippen molar-refractivity contribution < 1.29 is 14.3 Å². The van der Waals surface area contributed by atoms with E-state index < -0.39 is 5.97 Å². The second-order valence-electron chi connectivity index (χ2n) is 8.20. The minimum Gasteiger partial charge on any atom is -0.423 e. The smallest absolute Gasteiger partial charge is 0.335 e. The Morgan fingerprint density at radius 1 is 1.03 bits per heavy atom. The van der Waals surface area contributed by atoms with Gasteiger partial charge < -0.3 is 15.4 Å². The molecule has 0 saturated carbocycles. The van der Waals surface area contributed by atoms with Crippen molar-refractivity contribution in [3.05, 3.63) is 66.2 Å². The number of rotatable bonds is 9. The summed E-state index contributed by atoms with van der Waals surface area (Å²) in [4.78, 5) is 27.2. The SMILES string of the molecule is C=CC(=O)Oc1cc(-c2ccc(CCCCC)cc2)ccc1CN1CCN(C(N)=O)CC1. The van der Waals surface area contributed by atoms with Crippen LogP contribution >= 0.6 is 0 Å². The zero-order valence-electron chi connectivity index (χ0n) is 18.9. The van der Waals surface area contributed by atoms with E-state index in [1.54, 1.807) is 4.90 Å². The standard InChI is InChI=1S/C26H33N3O3/c1-3-5-6-7-20-8-10-21(11-9-20)22-12-13-23(24(18-22)32-25(30)4-2)19-28-14-16-29(17-15-28)26(27)31/h4,8-13,18H,2-3,5-7,14-17,19H2,1H3,(H2,27,31). The molecule has 6 heteroatoms. The van der Waals surface area contributed by atoms with E-state index in [9.17, 15) is 9.59 Å². The summed E-state index contributed by atoms with van der Waals surface area (Å²) in [7, 11) is 0. The third-order valence-electron chi connectivity index (χ3n) is 5.88. The van der Waals surface area contributed by atoms with Gasteiger partial charge in [0.15, 0.2) is 0 Å². The van der Waals surface area contributed by atoms with Crippen LogP contribution in [0.1, 0.15) is 37.3 Å². The van der Waals surface area contributed by atoms with Crippen molar-refractivity contribution in [2.45, 2.75) is 39.2 Å². The molecule has 0 radical (unpaired) electrons. The molecule has 1 saturated heterocycles. The molecule has 1 heterocycles. The van der Waals surface area contributed by atoms with Crippen LogP contribution in [0, 0.1) is 0 Å². The van der Waals surface area contributed by atoms with Gasteiger partial charge in [-0.15, -0.1) is 0 Å². The first-order chi connectivity index (χ1) is 15.5. The number of benzene rings is 2. The Bertz CT molecular complexity index is 932. The number of piperazine rings is 1. The van der Waals surface area contributed by atoms with Crippen LogP contribution in [0.2, 0.25) is 0 Å². The first-order valence-corrected chi connectivity index (χ1v) is 11.3. The highest BCUT2D eigenvalue weighted by Gasteiger charge is 2.21. The number of nitrogens with two attached hydrogens (primary N) is 1. The minimum absolute atomic E-state index is 0.383. The largest absolute Gasteiger partial charge is 0.423 e. The van der Waals surface area contributed by atoms with Crippen LogP contribution in [0.15, 0.2) is 55.1 Å². The van der Waals surface area contributed by atoms with Crippen LogP contribution < -0.4 is 10.5 Å². The van der Waals surface area contributed by atoms with Crippen LogP contribution in [-0.4, -0.2) is 48.0 Å². The highest BCUT2D eigenvalue weighted by Crippen LogP contribution is 2.29. The van der Waals surface area contributed by atoms with Crippen LogP contribution in [0.3, 0.4) is 0 Å². The molecule has 0 aromatic heterocycles. The number of hydrogen-bond acceptors (Lipinski definition) is 4. The third-order valence-corrected chi connectivity index (χ3v) is 5.88. The molecular formula is C26H33N3O3. The summed E-state index contributed by atoms with van der Waals surface area (Å²) in [5, 5.41) is 0. The molecule has 0 unspecified atom stereocenters. The van der Waals surface area contributed by atoms with Crippen molar-refractivity contribution in [3.63, 3.8) is 0 Å². The fourth-order valence-electron chi connectivity index (χ4n) is 3.92. The molecule has 2 N–H and O–H groups in total. The molecular weight excluding hydrogens is 402 g/mol. The number of urea groups is 1. The summed E-state index contributed by atoms with van der Waals surface area (Å²) in [6.07, 6.45) is 5.95. The van der Waals surface area contributed by atoms with Gasteiger partial charge in [0.25, 0.3) is 0 Å². The molecule has 3 rings (SSSR count). The van der Waals surface area contributed by atoms with Gasteiger partial charge in [0, 0.05) is 44.4 Å². The number of carbonyl (C=O) groups excluding carboxylic acids is 2. The van der Waals surface area contributed by atoms with E-state index in [0.29, 0.717) is 25.4 Å². The maximum atomic E-state index is 11.9. The number of carbonyl (C=O) groups is 2. The lowest BCUT2D eigenvalue weighted by molar-refractivity contribution is -0.129. The Balaban J connectivity index is 1.75. The number of aryl methyl sites for hydroxylation is 1. The Morgan fingerprint density at radius 2 is 1.72 bits per heavy atom. The Kier molecular flexibility index (Phi) is 8.45. The Hall–Kier alpha value is -3.12. The Morgan fingerprint density at radius 3 is 2.34 bits per heavy atom. The summed E-state index contributed by atoms with van der Waals surface area (Å²) in [5.41, 5.74) is 9.72. The summed E-state index contributed by atoms with van der Waals surface area (Å²) < 4.78 is 5.58. The van der Waals surface area contributed by atoms with Crippen LogP contribution in [0.5, 0.6) is 5.75 Å². The third kappa shape index (κ3) is 6.44. The molecule has 1 aliphatic heterocycles. The minimum atomic E-state index is -0.479. The van der Waals surface area contributed by atoms with Gasteiger partial charge in [-0.25, -0.2) is 9.59 Å². The van der Waals surface area contributed by atoms with Gasteiger partial charge in [0.2, 0.25) is 0 Å². The molecule has 0 aliphatic carbocycles. The van der Waals surface area contributed by atoms with Gasteiger partial charge in [0.1, 0.15) is 5.75 Å². The van der Waals surface area contributed by atoms with E-state index in [-0.39, 0.29) is 6.03 Å². The molecule has 0 bridgehead atoms. The summed E-state index contributed by atoms with van der Waals surface area (Å²) in [6.45, 7) is 8.99. The lowest BCUT2D eigenvalue weighted by Crippen LogP contribution is -2.50. The maximum absolute atomic E-state index is 11.9. The summed E-state index contributed by atoms with van der Waals surface area (Å²) in [5.74, 6) is 0.0602. The quantitative estimate of drug-likeness (QED) is 0.275. The number of esters is 1. The van der Waals surface area contributed by atoms with Crippen molar-refractivity contribution in [2.24, 2.45) is 5.73 Å². The van der Waals surface area contributed by atoms with Crippen LogP contribution in [0.25, 0.3) is 11.1 Å². The molecule has 6 nitrogen and oxygen atoms in total. The summed E-state index contributed by atoms with van der Waals surface area (Å²) in [6, 6.07) is 14.2. The number of unbranched alkanes of at least 4 members (excludes halogenated alkanes) is 2. The van der Waals surface area contributed by atoms with Gasteiger partial charge in [0.05, 0.1) is 0 Å². The van der Waals surface area contributed by atoms with Gasteiger partial charge >= 0.3 is 12.0 Å². The predicted molar refractivity (Wildman–Crippen MR) is 127 cm³/mol. The average Bonchev–Trinajstić information content (AvgIpc) is 2.81. The van der Waals surface area contributed by atoms with Crippen molar-refractivity contribution in [2.75, 3.05) is 26.2 Å². The molecule has 32 heavy (non-hydrogen) atoms. The number of nitrogens with zero attached hydrogens (tertiary/aromatic N) is 2. The number of primary amides is 1. The van der Waals surface area contributed by atoms with Crippen molar-refractivity contribution in [1.29, 1.82) is 0 Å². The van der Waals surface area contributed by atoms with Gasteiger partial charge in [-0.1, -0.05) is 62.7 Å². The maximum Gasteiger partial charge on any atom is 0.335 e. The number of amides is 2. The van der Waals surface area contributed by atoms with E-state index in [1.165, 1.54) is 30.9 Å². The molecule has 170 valence electrons. The second kappa shape index (κ2) is 11.5. The lowest BCUT2D eigenvalue weighted by atomic mass is 9.99. The fourth-order valence-corrected chi connectivity index (χ4v) is 3.92. The second-order valence-corrected chi connectivity index (χ2v) is 8.20. The fraction of sp³-hybridized carbons (Fsp3) is 0.385. The molecule has 2 aromatic rings. The average molecular weight is 436 g/mol. The van der Waals surface area contributed by atoms with Crippen molar-refractivity contribution in [1.82, 2.24) is 9.80 Å². The topological polar surface area (TPSA) is 75.9 Å². The first-order valence-electron chi connectivity index (χ1n) is 11.3. The zero-order chi connectivity index (χ0) is 22.9.